The first-order valence-electron chi connectivity index (χ1n) is 9.71. The Morgan fingerprint density at radius 3 is 2.52 bits per heavy atom. The second-order valence-corrected chi connectivity index (χ2v) is 8.08. The van der Waals surface area contributed by atoms with Gasteiger partial charge in [-0.3, -0.25) is 4.79 Å². The minimum atomic E-state index is -1.11. The Hall–Kier alpha value is -3.84. The van der Waals surface area contributed by atoms with Gasteiger partial charge in [0.05, 0.1) is 12.7 Å². The van der Waals surface area contributed by atoms with Crippen LogP contribution in [0.25, 0.3) is 6.08 Å². The van der Waals surface area contributed by atoms with Crippen LogP contribution in [0.4, 0.5) is 5.69 Å². The molecule has 0 aliphatic heterocycles. The molecule has 0 fully saturated rings. The highest BCUT2D eigenvalue weighted by molar-refractivity contribution is 14.1. The number of aromatic carboxylic acids is 1. The van der Waals surface area contributed by atoms with Crippen LogP contribution in [0.3, 0.4) is 0 Å². The normalized spacial score (nSPS) is 10.8. The molecule has 0 atom stereocenters. The second-order valence-electron chi connectivity index (χ2n) is 6.84. The summed E-state index contributed by atoms with van der Waals surface area (Å²) >= 11 is 2.24. The highest BCUT2D eigenvalue weighted by atomic mass is 127. The van der Waals surface area contributed by atoms with Gasteiger partial charge in [0, 0.05) is 9.26 Å². The summed E-state index contributed by atoms with van der Waals surface area (Å²) in [5.41, 5.74) is 1.74. The van der Waals surface area contributed by atoms with E-state index in [-0.39, 0.29) is 16.8 Å². The lowest BCUT2D eigenvalue weighted by atomic mass is 10.1. The Morgan fingerprint density at radius 1 is 1.09 bits per heavy atom. The van der Waals surface area contributed by atoms with Crippen LogP contribution in [0.5, 0.6) is 11.5 Å². The number of carbonyl (C=O) groups excluding carboxylic acids is 1. The van der Waals surface area contributed by atoms with Crippen LogP contribution in [0, 0.1) is 14.9 Å². The minimum absolute atomic E-state index is 0.0286. The minimum Gasteiger partial charge on any atom is -0.493 e. The predicted octanol–water partition coefficient (Wildman–Crippen LogP) is 5.12. The average molecular weight is 554 g/mol. The third-order valence-electron chi connectivity index (χ3n) is 4.54. The number of halogens is 1. The predicted molar refractivity (Wildman–Crippen MR) is 132 cm³/mol. The molecule has 0 bridgehead atoms. The van der Waals surface area contributed by atoms with Crippen LogP contribution in [-0.4, -0.2) is 24.1 Å². The number of methoxy groups -OCH3 is 1. The number of hydrogen-bond acceptors (Lipinski definition) is 5. The number of anilines is 1. The van der Waals surface area contributed by atoms with Crippen molar-refractivity contribution in [2.45, 2.75) is 6.61 Å². The first-order valence-corrected chi connectivity index (χ1v) is 10.8. The number of carboxylic acid groups (broad SMARTS) is 1. The molecular formula is C25H19IN2O5. The Balaban J connectivity index is 1.75. The van der Waals surface area contributed by atoms with Crippen molar-refractivity contribution in [2.24, 2.45) is 0 Å². The number of ether oxygens (including phenoxy) is 2. The molecule has 166 valence electrons. The highest BCUT2D eigenvalue weighted by Gasteiger charge is 2.12. The monoisotopic (exact) mass is 554 g/mol. The summed E-state index contributed by atoms with van der Waals surface area (Å²) in [6, 6.07) is 20.7. The van der Waals surface area contributed by atoms with E-state index in [1.165, 1.54) is 31.4 Å². The topological polar surface area (TPSA) is 109 Å². The zero-order chi connectivity index (χ0) is 23.8. The Morgan fingerprint density at radius 2 is 1.85 bits per heavy atom. The van der Waals surface area contributed by atoms with Gasteiger partial charge in [-0.2, -0.15) is 5.26 Å². The number of benzene rings is 3. The molecule has 2 N–H and O–H groups in total. The van der Waals surface area contributed by atoms with Crippen molar-refractivity contribution in [3.05, 3.63) is 92.6 Å². The van der Waals surface area contributed by atoms with E-state index >= 15 is 0 Å². The van der Waals surface area contributed by atoms with Crippen molar-refractivity contribution in [2.75, 3.05) is 12.4 Å². The maximum atomic E-state index is 12.5. The van der Waals surface area contributed by atoms with Gasteiger partial charge in [-0.05, 0) is 82.3 Å². The Kier molecular flexibility index (Phi) is 8.05. The van der Waals surface area contributed by atoms with Crippen LogP contribution in [-0.2, 0) is 11.4 Å². The van der Waals surface area contributed by atoms with E-state index < -0.39 is 11.9 Å². The van der Waals surface area contributed by atoms with Crippen LogP contribution < -0.4 is 14.8 Å². The average Bonchev–Trinajstić information content (AvgIpc) is 2.82. The molecule has 0 saturated carbocycles. The summed E-state index contributed by atoms with van der Waals surface area (Å²) in [5, 5.41) is 21.1. The van der Waals surface area contributed by atoms with Crippen LogP contribution >= 0.6 is 22.6 Å². The lowest BCUT2D eigenvalue weighted by Crippen LogP contribution is -2.14. The van der Waals surface area contributed by atoms with Gasteiger partial charge in [0.2, 0.25) is 0 Å². The molecule has 3 aromatic carbocycles. The maximum Gasteiger partial charge on any atom is 0.335 e. The third-order valence-corrected chi connectivity index (χ3v) is 5.26. The second kappa shape index (κ2) is 11.2. The molecule has 0 spiro atoms. The number of rotatable bonds is 8. The van der Waals surface area contributed by atoms with E-state index in [9.17, 15) is 14.9 Å². The summed E-state index contributed by atoms with van der Waals surface area (Å²) in [6.07, 6.45) is 1.42. The molecule has 0 aliphatic carbocycles. The fourth-order valence-electron chi connectivity index (χ4n) is 2.88. The molecule has 0 radical (unpaired) electrons. The molecular weight excluding hydrogens is 535 g/mol. The van der Waals surface area contributed by atoms with E-state index in [0.29, 0.717) is 23.7 Å². The van der Waals surface area contributed by atoms with Crippen molar-refractivity contribution >= 4 is 46.2 Å². The summed E-state index contributed by atoms with van der Waals surface area (Å²) in [5.74, 6) is -0.778. The van der Waals surface area contributed by atoms with Gasteiger partial charge >= 0.3 is 5.97 Å². The summed E-state index contributed by atoms with van der Waals surface area (Å²) in [4.78, 5) is 23.6. The molecule has 3 aromatic rings. The van der Waals surface area contributed by atoms with Gasteiger partial charge in [0.1, 0.15) is 18.2 Å². The fourth-order valence-corrected chi connectivity index (χ4v) is 3.24. The SMILES string of the molecule is COc1cc(/C=C(/C#N)C(=O)Nc2cccc(C(=O)O)c2)ccc1OCc1ccc(I)cc1. The molecule has 3 rings (SSSR count). The molecule has 0 saturated heterocycles. The molecule has 1 amide bonds. The smallest absolute Gasteiger partial charge is 0.335 e. The van der Waals surface area contributed by atoms with Crippen molar-refractivity contribution < 1.29 is 24.2 Å². The van der Waals surface area contributed by atoms with E-state index in [0.717, 1.165) is 9.13 Å². The van der Waals surface area contributed by atoms with Crippen molar-refractivity contribution in [3.63, 3.8) is 0 Å². The zero-order valence-electron chi connectivity index (χ0n) is 17.5. The first-order chi connectivity index (χ1) is 15.9. The quantitative estimate of drug-likeness (QED) is 0.227. The number of nitrogens with zero attached hydrogens (tertiary/aromatic N) is 1. The third kappa shape index (κ3) is 6.57. The van der Waals surface area contributed by atoms with E-state index in [1.807, 2.05) is 30.3 Å². The molecule has 7 nitrogen and oxygen atoms in total. The summed E-state index contributed by atoms with van der Waals surface area (Å²) in [7, 11) is 1.51. The summed E-state index contributed by atoms with van der Waals surface area (Å²) in [6.45, 7) is 0.365. The molecule has 0 heterocycles. The van der Waals surface area contributed by atoms with Crippen LogP contribution in [0.1, 0.15) is 21.5 Å². The van der Waals surface area contributed by atoms with Gasteiger partial charge in [0.25, 0.3) is 5.91 Å². The van der Waals surface area contributed by atoms with Gasteiger partial charge in [-0.15, -0.1) is 0 Å². The number of amides is 1. The molecule has 8 heteroatoms. The van der Waals surface area contributed by atoms with E-state index in [2.05, 4.69) is 27.9 Å². The van der Waals surface area contributed by atoms with Gasteiger partial charge < -0.3 is 19.9 Å². The van der Waals surface area contributed by atoms with Gasteiger partial charge in [-0.25, -0.2) is 4.79 Å². The van der Waals surface area contributed by atoms with Crippen molar-refractivity contribution in [1.82, 2.24) is 0 Å². The van der Waals surface area contributed by atoms with Gasteiger partial charge in [-0.1, -0.05) is 24.3 Å². The number of carbonyl (C=O) groups is 2. The fraction of sp³-hybridized carbons (Fsp3) is 0.0800. The molecule has 0 unspecified atom stereocenters. The van der Waals surface area contributed by atoms with Gasteiger partial charge in [0.15, 0.2) is 11.5 Å². The van der Waals surface area contributed by atoms with E-state index in [4.69, 9.17) is 14.6 Å². The maximum absolute atomic E-state index is 12.5. The van der Waals surface area contributed by atoms with Crippen LogP contribution in [0.15, 0.2) is 72.3 Å². The lowest BCUT2D eigenvalue weighted by Gasteiger charge is -2.12. The van der Waals surface area contributed by atoms with Crippen molar-refractivity contribution in [1.29, 1.82) is 5.26 Å². The number of hydrogen-bond donors (Lipinski definition) is 2. The zero-order valence-corrected chi connectivity index (χ0v) is 19.7. The standard InChI is InChI=1S/C25H19IN2O5/c1-32-23-12-17(7-10-22(23)33-15-16-5-8-20(26)9-6-16)11-19(14-27)24(29)28-21-4-2-3-18(13-21)25(30)31/h2-13H,15H2,1H3,(H,28,29)(H,30,31)/b19-11-. The van der Waals surface area contributed by atoms with E-state index in [1.54, 1.807) is 24.3 Å². The first kappa shape index (κ1) is 23.8. The molecule has 33 heavy (non-hydrogen) atoms. The Bertz CT molecular complexity index is 1250. The molecule has 0 aromatic heterocycles. The van der Waals surface area contributed by atoms with Crippen molar-refractivity contribution in [3.8, 4) is 17.6 Å². The number of carboxylic acids is 1. The highest BCUT2D eigenvalue weighted by Crippen LogP contribution is 2.30. The Labute approximate surface area is 204 Å². The number of nitrogens with one attached hydrogen (secondary N) is 1. The molecule has 0 aliphatic rings. The summed E-state index contributed by atoms with van der Waals surface area (Å²) < 4.78 is 12.4. The number of nitriles is 1. The largest absolute Gasteiger partial charge is 0.493 e. The lowest BCUT2D eigenvalue weighted by molar-refractivity contribution is -0.112. The van der Waals surface area contributed by atoms with Crippen LogP contribution in [0.2, 0.25) is 0 Å².